The van der Waals surface area contributed by atoms with E-state index in [2.05, 4.69) is 5.32 Å². The zero-order valence-electron chi connectivity index (χ0n) is 17.2. The molecule has 10 heteroatoms. The summed E-state index contributed by atoms with van der Waals surface area (Å²) in [6.07, 6.45) is -4.57. The number of nitrogens with one attached hydrogen (secondary N) is 1. The van der Waals surface area contributed by atoms with E-state index in [1.54, 1.807) is 0 Å². The van der Waals surface area contributed by atoms with Crippen LogP contribution >= 0.6 is 0 Å². The monoisotopic (exact) mass is 448 g/mol. The molecule has 0 spiro atoms. The maximum Gasteiger partial charge on any atom is 0.416 e. The van der Waals surface area contributed by atoms with Crippen molar-refractivity contribution in [3.63, 3.8) is 0 Å². The second-order valence-electron chi connectivity index (χ2n) is 7.58. The molecule has 0 atom stereocenters. The number of amides is 3. The molecule has 0 aromatic heterocycles. The lowest BCUT2D eigenvalue weighted by atomic mass is 10.1. The average molecular weight is 448 g/mol. The van der Waals surface area contributed by atoms with E-state index >= 15 is 0 Å². The molecular formula is C22H19F3N2O5. The molecule has 1 heterocycles. The van der Waals surface area contributed by atoms with Gasteiger partial charge < -0.3 is 10.1 Å². The van der Waals surface area contributed by atoms with Gasteiger partial charge in [-0.25, -0.2) is 4.79 Å². The van der Waals surface area contributed by atoms with Crippen molar-refractivity contribution in [2.24, 2.45) is 5.92 Å². The normalized spacial score (nSPS) is 13.4. The summed E-state index contributed by atoms with van der Waals surface area (Å²) in [5.74, 6) is -2.66. The summed E-state index contributed by atoms with van der Waals surface area (Å²) in [7, 11) is 0. The van der Waals surface area contributed by atoms with E-state index in [1.807, 2.05) is 13.8 Å². The first-order chi connectivity index (χ1) is 15.0. The number of carbonyl (C=O) groups excluding carboxylic acids is 4. The van der Waals surface area contributed by atoms with Gasteiger partial charge in [-0.3, -0.25) is 19.3 Å². The summed E-state index contributed by atoms with van der Waals surface area (Å²) >= 11 is 0. The van der Waals surface area contributed by atoms with Crippen LogP contribution in [0.5, 0.6) is 0 Å². The zero-order chi connectivity index (χ0) is 23.6. The summed E-state index contributed by atoms with van der Waals surface area (Å²) in [4.78, 5) is 50.2. The summed E-state index contributed by atoms with van der Waals surface area (Å²) < 4.78 is 43.1. The number of benzene rings is 2. The molecule has 1 N–H and O–H groups in total. The molecule has 168 valence electrons. The molecule has 2 aromatic carbocycles. The van der Waals surface area contributed by atoms with Crippen LogP contribution in [0.4, 0.5) is 18.9 Å². The van der Waals surface area contributed by atoms with Crippen molar-refractivity contribution in [3.8, 4) is 0 Å². The average Bonchev–Trinajstić information content (AvgIpc) is 2.95. The minimum absolute atomic E-state index is 0.0387. The molecule has 0 bridgehead atoms. The Kier molecular flexibility index (Phi) is 6.33. The van der Waals surface area contributed by atoms with Crippen LogP contribution in [0, 0.1) is 5.92 Å². The van der Waals surface area contributed by atoms with Gasteiger partial charge in [0, 0.05) is 12.2 Å². The molecule has 0 radical (unpaired) electrons. The topological polar surface area (TPSA) is 92.8 Å². The predicted molar refractivity (Wildman–Crippen MR) is 107 cm³/mol. The molecule has 1 aliphatic rings. The van der Waals surface area contributed by atoms with E-state index in [0.29, 0.717) is 0 Å². The Morgan fingerprint density at radius 2 is 1.72 bits per heavy atom. The molecule has 0 aliphatic carbocycles. The molecule has 3 amide bonds. The van der Waals surface area contributed by atoms with Gasteiger partial charge in [-0.1, -0.05) is 19.9 Å². The molecule has 2 aromatic rings. The lowest BCUT2D eigenvalue weighted by Gasteiger charge is -2.15. The van der Waals surface area contributed by atoms with Gasteiger partial charge in [0.2, 0.25) is 0 Å². The van der Waals surface area contributed by atoms with Gasteiger partial charge in [0.25, 0.3) is 17.7 Å². The highest BCUT2D eigenvalue weighted by atomic mass is 19.4. The van der Waals surface area contributed by atoms with Crippen molar-refractivity contribution >= 4 is 29.4 Å². The van der Waals surface area contributed by atoms with Crippen LogP contribution in [0.1, 0.15) is 50.5 Å². The number of carbonyl (C=O) groups is 4. The van der Waals surface area contributed by atoms with Gasteiger partial charge in [0.05, 0.1) is 22.3 Å². The Morgan fingerprint density at radius 1 is 1.03 bits per heavy atom. The fourth-order valence-corrected chi connectivity index (χ4v) is 3.13. The molecular weight excluding hydrogens is 429 g/mol. The SMILES string of the molecule is CC(C)CN1C(=O)c2ccc(C(=O)OCC(=O)Nc3cccc(C(F)(F)F)c3)cc2C1=O. The maximum atomic E-state index is 12.7. The van der Waals surface area contributed by atoms with Crippen LogP contribution < -0.4 is 5.32 Å². The van der Waals surface area contributed by atoms with Crippen molar-refractivity contribution in [1.82, 2.24) is 4.90 Å². The van der Waals surface area contributed by atoms with E-state index in [0.717, 1.165) is 23.1 Å². The van der Waals surface area contributed by atoms with Gasteiger partial charge in [-0.2, -0.15) is 13.2 Å². The van der Waals surface area contributed by atoms with E-state index in [9.17, 15) is 32.3 Å². The highest BCUT2D eigenvalue weighted by Crippen LogP contribution is 2.30. The predicted octanol–water partition coefficient (Wildman–Crippen LogP) is 3.75. The second-order valence-corrected chi connectivity index (χ2v) is 7.58. The van der Waals surface area contributed by atoms with Gasteiger partial charge in [0.1, 0.15) is 0 Å². The fraction of sp³-hybridized carbons (Fsp3) is 0.273. The van der Waals surface area contributed by atoms with Crippen molar-refractivity contribution in [2.75, 3.05) is 18.5 Å². The van der Waals surface area contributed by atoms with Gasteiger partial charge in [-0.15, -0.1) is 0 Å². The largest absolute Gasteiger partial charge is 0.452 e. The van der Waals surface area contributed by atoms with Crippen molar-refractivity contribution in [2.45, 2.75) is 20.0 Å². The third-order valence-corrected chi connectivity index (χ3v) is 4.56. The number of rotatable bonds is 6. The Balaban J connectivity index is 1.63. The lowest BCUT2D eigenvalue weighted by molar-refractivity contribution is -0.137. The number of fused-ring (bicyclic) bond motifs is 1. The van der Waals surface area contributed by atoms with Crippen LogP contribution in [0.2, 0.25) is 0 Å². The second kappa shape index (κ2) is 8.81. The number of halogens is 3. The zero-order valence-corrected chi connectivity index (χ0v) is 17.2. The summed E-state index contributed by atoms with van der Waals surface area (Å²) in [5, 5.41) is 2.22. The first kappa shape index (κ1) is 23.0. The van der Waals surface area contributed by atoms with Crippen LogP contribution in [-0.2, 0) is 15.7 Å². The third-order valence-electron chi connectivity index (χ3n) is 4.56. The van der Waals surface area contributed by atoms with Crippen molar-refractivity contribution in [3.05, 3.63) is 64.7 Å². The molecule has 1 aliphatic heterocycles. The number of ether oxygens (including phenoxy) is 1. The number of alkyl halides is 3. The molecule has 0 unspecified atom stereocenters. The number of hydrogen-bond acceptors (Lipinski definition) is 5. The molecule has 0 fully saturated rings. The third kappa shape index (κ3) is 4.96. The maximum absolute atomic E-state index is 12.7. The van der Waals surface area contributed by atoms with Crippen LogP contribution in [0.15, 0.2) is 42.5 Å². The number of nitrogens with zero attached hydrogens (tertiary/aromatic N) is 1. The Bertz CT molecular complexity index is 1100. The number of anilines is 1. The highest BCUT2D eigenvalue weighted by Gasteiger charge is 2.36. The van der Waals surface area contributed by atoms with Crippen molar-refractivity contribution < 1.29 is 37.1 Å². The first-order valence-corrected chi connectivity index (χ1v) is 9.62. The molecule has 32 heavy (non-hydrogen) atoms. The summed E-state index contributed by atoms with van der Waals surface area (Å²) in [6, 6.07) is 7.88. The lowest BCUT2D eigenvalue weighted by Crippen LogP contribution is -2.33. The molecule has 0 saturated carbocycles. The van der Waals surface area contributed by atoms with Gasteiger partial charge in [0.15, 0.2) is 6.61 Å². The van der Waals surface area contributed by atoms with Crippen molar-refractivity contribution in [1.29, 1.82) is 0 Å². The summed E-state index contributed by atoms with van der Waals surface area (Å²) in [5.41, 5.74) is -0.833. The smallest absolute Gasteiger partial charge is 0.416 e. The van der Waals surface area contributed by atoms with Gasteiger partial charge >= 0.3 is 12.1 Å². The molecule has 3 rings (SSSR count). The van der Waals surface area contributed by atoms with Crippen LogP contribution in [0.25, 0.3) is 0 Å². The Labute approximate surface area is 181 Å². The fourth-order valence-electron chi connectivity index (χ4n) is 3.13. The standard InChI is InChI=1S/C22H19F3N2O5/c1-12(2)10-27-19(29)16-7-6-13(8-17(16)20(27)30)21(31)32-11-18(28)26-15-5-3-4-14(9-15)22(23,24)25/h3-9,12H,10-11H2,1-2H3,(H,26,28). The molecule has 7 nitrogen and oxygen atoms in total. The van der Waals surface area contributed by atoms with E-state index in [4.69, 9.17) is 4.74 Å². The minimum Gasteiger partial charge on any atom is -0.452 e. The first-order valence-electron chi connectivity index (χ1n) is 9.62. The van der Waals surface area contributed by atoms with Crippen LogP contribution in [-0.4, -0.2) is 41.7 Å². The Morgan fingerprint density at radius 3 is 2.38 bits per heavy atom. The number of hydrogen-bond donors (Lipinski definition) is 1. The number of esters is 1. The Hall–Kier alpha value is -3.69. The quantitative estimate of drug-likeness (QED) is 0.537. The van der Waals surface area contributed by atoms with Gasteiger partial charge in [-0.05, 0) is 42.3 Å². The minimum atomic E-state index is -4.57. The molecule has 0 saturated heterocycles. The highest BCUT2D eigenvalue weighted by molar-refractivity contribution is 6.22. The van der Waals surface area contributed by atoms with Crippen LogP contribution in [0.3, 0.4) is 0 Å². The number of imide groups is 1. The van der Waals surface area contributed by atoms with E-state index in [-0.39, 0.29) is 34.8 Å². The van der Waals surface area contributed by atoms with E-state index in [1.165, 1.54) is 24.3 Å². The summed E-state index contributed by atoms with van der Waals surface area (Å²) in [6.45, 7) is 3.20. The van der Waals surface area contributed by atoms with E-state index < -0.39 is 42.0 Å².